The fraction of sp³-hybridized carbons (Fsp3) is 0.257. The number of carbonyl (C=O) groups excluding carboxylic acids is 1. The van der Waals surface area contributed by atoms with Crippen molar-refractivity contribution in [3.05, 3.63) is 125 Å². The summed E-state index contributed by atoms with van der Waals surface area (Å²) in [7, 11) is -2.39. The summed E-state index contributed by atoms with van der Waals surface area (Å²) in [5.41, 5.74) is 4.49. The van der Waals surface area contributed by atoms with Gasteiger partial charge in [0.2, 0.25) is 5.90 Å². The molecule has 4 aromatic rings. The van der Waals surface area contributed by atoms with Gasteiger partial charge in [0.25, 0.3) is 5.91 Å². The molecule has 0 saturated heterocycles. The molecule has 0 spiro atoms. The maximum atomic E-state index is 14.3. The summed E-state index contributed by atoms with van der Waals surface area (Å²) in [6, 6.07) is 24.6. The third-order valence-corrected chi connectivity index (χ3v) is 9.51. The zero-order chi connectivity index (χ0) is 34.1. The summed E-state index contributed by atoms with van der Waals surface area (Å²) < 4.78 is 72.3. The molecule has 0 bridgehead atoms. The number of aliphatic hydroxyl groups excluding tert-OH is 1. The molecule has 0 radical (unpaired) electrons. The first-order valence-electron chi connectivity index (χ1n) is 15.1. The van der Waals surface area contributed by atoms with Crippen LogP contribution < -0.4 is 20.3 Å². The van der Waals surface area contributed by atoms with Crippen molar-refractivity contribution in [2.45, 2.75) is 35.9 Å². The molecule has 0 unspecified atom stereocenters. The minimum atomic E-state index is -3.88. The van der Waals surface area contributed by atoms with Crippen molar-refractivity contribution in [2.75, 3.05) is 26.1 Å². The quantitative estimate of drug-likeness (QED) is 0.122. The molecule has 1 aliphatic rings. The van der Waals surface area contributed by atoms with Crippen LogP contribution in [0.5, 0.6) is 11.5 Å². The van der Waals surface area contributed by atoms with Gasteiger partial charge in [0.1, 0.15) is 23.1 Å². The Bertz CT molecular complexity index is 1860. The van der Waals surface area contributed by atoms with E-state index in [1.807, 2.05) is 0 Å². The first-order chi connectivity index (χ1) is 23.1. The highest BCUT2D eigenvalue weighted by atomic mass is 32.2. The third kappa shape index (κ3) is 7.98. The summed E-state index contributed by atoms with van der Waals surface area (Å²) in [4.78, 5) is 19.2. The van der Waals surface area contributed by atoms with Crippen LogP contribution in [0.25, 0.3) is 0 Å². The first kappa shape index (κ1) is 34.5. The van der Waals surface area contributed by atoms with Crippen LogP contribution in [0, 0.1) is 11.6 Å². The largest absolute Gasteiger partial charge is 0.497 e. The molecule has 4 aromatic carbocycles. The van der Waals surface area contributed by atoms with Gasteiger partial charge in [-0.2, -0.15) is 0 Å². The standard InChI is InChI=1S/C35H35F2N3O7S/c1-45-29-8-5-7-25(21-29)32-35(17-20-48(43,44)30-9-3-2-4-10-30,34(42)40-38-23-26-11-14-27(36)22-31(26)37)39-33(47-32)24-12-15-28(16-13-24)46-19-6-18-41/h2-5,7-16,21-22,32,38,41H,6,17-20,23H2,1H3,(H,40,42)/t32-,35-/m0/s1. The van der Waals surface area contributed by atoms with Gasteiger partial charge >= 0.3 is 0 Å². The van der Waals surface area contributed by atoms with E-state index in [0.717, 1.165) is 12.1 Å². The lowest BCUT2D eigenvalue weighted by Crippen LogP contribution is -2.53. The van der Waals surface area contributed by atoms with Crippen molar-refractivity contribution in [1.29, 1.82) is 0 Å². The minimum Gasteiger partial charge on any atom is -0.497 e. The number of ether oxygens (including phenoxy) is 3. The average molecular weight is 680 g/mol. The van der Waals surface area contributed by atoms with E-state index in [2.05, 4.69) is 10.9 Å². The van der Waals surface area contributed by atoms with E-state index in [4.69, 9.17) is 24.3 Å². The molecule has 0 fully saturated rings. The van der Waals surface area contributed by atoms with Gasteiger partial charge in [-0.1, -0.05) is 36.4 Å². The van der Waals surface area contributed by atoms with Crippen molar-refractivity contribution < 1.29 is 41.3 Å². The number of carbonyl (C=O) groups is 1. The Morgan fingerprint density at radius 2 is 1.75 bits per heavy atom. The van der Waals surface area contributed by atoms with E-state index in [0.29, 0.717) is 35.7 Å². The number of rotatable bonds is 15. The van der Waals surface area contributed by atoms with Crippen molar-refractivity contribution in [3.63, 3.8) is 0 Å². The molecule has 2 atom stereocenters. The molecular weight excluding hydrogens is 644 g/mol. The number of hydrazine groups is 1. The van der Waals surface area contributed by atoms with Crippen LogP contribution in [0.2, 0.25) is 0 Å². The van der Waals surface area contributed by atoms with E-state index in [1.54, 1.807) is 66.7 Å². The lowest BCUT2D eigenvalue weighted by atomic mass is 9.85. The lowest BCUT2D eigenvalue weighted by molar-refractivity contribution is -0.130. The Morgan fingerprint density at radius 1 is 0.979 bits per heavy atom. The molecule has 10 nitrogen and oxygen atoms in total. The molecule has 0 aliphatic carbocycles. The van der Waals surface area contributed by atoms with Gasteiger partial charge in [0.05, 0.1) is 24.4 Å². The number of nitrogens with zero attached hydrogens (tertiary/aromatic N) is 1. The maximum Gasteiger partial charge on any atom is 0.266 e. The fourth-order valence-corrected chi connectivity index (χ4v) is 6.59. The topological polar surface area (TPSA) is 136 Å². The molecule has 0 aromatic heterocycles. The van der Waals surface area contributed by atoms with Crippen molar-refractivity contribution in [2.24, 2.45) is 4.99 Å². The Hall–Kier alpha value is -4.85. The number of amides is 1. The van der Waals surface area contributed by atoms with E-state index < -0.39 is 44.8 Å². The molecule has 1 amide bonds. The van der Waals surface area contributed by atoms with Crippen LogP contribution in [0.1, 0.15) is 35.6 Å². The van der Waals surface area contributed by atoms with Gasteiger partial charge in [0, 0.05) is 43.2 Å². The molecule has 0 saturated carbocycles. The Balaban J connectivity index is 1.53. The SMILES string of the molecule is COc1cccc([C@@H]2OC(c3ccc(OCCCO)cc3)=N[C@]2(CCS(=O)(=O)c2ccccc2)C(=O)NNCc2ccc(F)cc2F)c1. The summed E-state index contributed by atoms with van der Waals surface area (Å²) in [6.45, 7) is 0.112. The van der Waals surface area contributed by atoms with Crippen molar-refractivity contribution in [1.82, 2.24) is 10.9 Å². The van der Waals surface area contributed by atoms with Gasteiger partial charge in [-0.15, -0.1) is 0 Å². The second-order valence-electron chi connectivity index (χ2n) is 11.0. The van der Waals surface area contributed by atoms with Crippen LogP contribution in [0.4, 0.5) is 8.78 Å². The monoisotopic (exact) mass is 679 g/mol. The van der Waals surface area contributed by atoms with Crippen LogP contribution in [-0.2, 0) is 25.9 Å². The second-order valence-corrected chi connectivity index (χ2v) is 13.1. The number of aliphatic hydroxyl groups is 1. The van der Waals surface area contributed by atoms with E-state index in [9.17, 15) is 22.0 Å². The number of nitrogens with one attached hydrogen (secondary N) is 2. The molecular formula is C35H35F2N3O7S. The van der Waals surface area contributed by atoms with Gasteiger partial charge in [0.15, 0.2) is 21.5 Å². The fourth-order valence-electron chi connectivity index (χ4n) is 5.20. The summed E-state index contributed by atoms with van der Waals surface area (Å²) in [5.74, 6) is -1.63. The number of hydrogen-bond donors (Lipinski definition) is 3. The van der Waals surface area contributed by atoms with Crippen LogP contribution in [-0.4, -0.2) is 56.9 Å². The molecule has 13 heteroatoms. The second kappa shape index (κ2) is 15.4. The molecule has 252 valence electrons. The third-order valence-electron chi connectivity index (χ3n) is 7.78. The maximum absolute atomic E-state index is 14.3. The summed E-state index contributed by atoms with van der Waals surface area (Å²) in [5, 5.41) is 9.05. The molecule has 1 heterocycles. The Labute approximate surface area is 277 Å². The van der Waals surface area contributed by atoms with Crippen LogP contribution >= 0.6 is 0 Å². The number of methoxy groups -OCH3 is 1. The van der Waals surface area contributed by atoms with Crippen LogP contribution in [0.3, 0.4) is 0 Å². The van der Waals surface area contributed by atoms with E-state index >= 15 is 0 Å². The van der Waals surface area contributed by atoms with Gasteiger partial charge in [-0.3, -0.25) is 10.2 Å². The smallest absolute Gasteiger partial charge is 0.266 e. The van der Waals surface area contributed by atoms with Crippen molar-refractivity contribution in [3.8, 4) is 11.5 Å². The summed E-state index contributed by atoms with van der Waals surface area (Å²) >= 11 is 0. The average Bonchev–Trinajstić information content (AvgIpc) is 3.50. The highest BCUT2D eigenvalue weighted by Crippen LogP contribution is 2.43. The number of halogens is 2. The van der Waals surface area contributed by atoms with Gasteiger partial charge in [-0.25, -0.2) is 27.6 Å². The van der Waals surface area contributed by atoms with Gasteiger partial charge in [-0.05, 0) is 60.2 Å². The number of aliphatic imine (C=N–C) groups is 1. The van der Waals surface area contributed by atoms with E-state index in [-0.39, 0.29) is 35.9 Å². The zero-order valence-corrected chi connectivity index (χ0v) is 26.9. The van der Waals surface area contributed by atoms with Gasteiger partial charge < -0.3 is 19.3 Å². The molecule has 1 aliphatic heterocycles. The van der Waals surface area contributed by atoms with Crippen molar-refractivity contribution >= 4 is 21.6 Å². The molecule has 48 heavy (non-hydrogen) atoms. The summed E-state index contributed by atoms with van der Waals surface area (Å²) in [6.07, 6.45) is -0.944. The Kier molecular flexibility index (Phi) is 11.0. The molecule has 5 rings (SSSR count). The zero-order valence-electron chi connectivity index (χ0n) is 26.1. The van der Waals surface area contributed by atoms with E-state index in [1.165, 1.54) is 25.3 Å². The predicted molar refractivity (Wildman–Crippen MR) is 174 cm³/mol. The highest BCUT2D eigenvalue weighted by Gasteiger charge is 2.54. The number of sulfone groups is 1. The highest BCUT2D eigenvalue weighted by molar-refractivity contribution is 7.91. The number of benzene rings is 4. The van der Waals surface area contributed by atoms with Crippen LogP contribution in [0.15, 0.2) is 107 Å². The molecule has 3 N–H and O–H groups in total. The normalized spacial score (nSPS) is 17.3. The number of hydrogen-bond acceptors (Lipinski definition) is 9. The first-order valence-corrected chi connectivity index (χ1v) is 16.8. The predicted octanol–water partition coefficient (Wildman–Crippen LogP) is 4.68. The minimum absolute atomic E-state index is 0.00771. The Morgan fingerprint density at radius 3 is 2.46 bits per heavy atom. The lowest BCUT2D eigenvalue weighted by Gasteiger charge is -2.30.